The molecule has 0 heterocycles. The van der Waals surface area contributed by atoms with Crippen molar-refractivity contribution in [3.8, 4) is 0 Å². The maximum Gasteiger partial charge on any atom is 0.162 e. The van der Waals surface area contributed by atoms with Crippen LogP contribution in [0.2, 0.25) is 5.02 Å². The van der Waals surface area contributed by atoms with Gasteiger partial charge in [-0.05, 0) is 19.1 Å². The van der Waals surface area contributed by atoms with Crippen molar-refractivity contribution in [1.29, 1.82) is 0 Å². The number of benzene rings is 1. The zero-order valence-electron chi connectivity index (χ0n) is 7.93. The first-order valence-corrected chi connectivity index (χ1v) is 4.42. The second kappa shape index (κ2) is 4.53. The predicted molar refractivity (Wildman–Crippen MR) is 52.1 cm³/mol. The normalized spacial score (nSPS) is 10.3. The summed E-state index contributed by atoms with van der Waals surface area (Å²) >= 11 is 5.73. The molecule has 2 nitrogen and oxygen atoms in total. The molecule has 0 aliphatic heterocycles. The summed E-state index contributed by atoms with van der Waals surface area (Å²) in [5.41, 5.74) is 0.301. The first-order chi connectivity index (χ1) is 6.56. The van der Waals surface area contributed by atoms with Crippen molar-refractivity contribution in [3.05, 3.63) is 34.1 Å². The monoisotopic (exact) mass is 216 g/mol. The van der Waals surface area contributed by atoms with Gasteiger partial charge in [0, 0.05) is 17.7 Å². The maximum absolute atomic E-state index is 13.5. The molecule has 4 heteroatoms. The van der Waals surface area contributed by atoms with E-state index in [1.165, 1.54) is 26.2 Å². The summed E-state index contributed by atoms with van der Waals surface area (Å²) < 4.78 is 18.3. The van der Waals surface area contributed by atoms with Crippen LogP contribution in [0, 0.1) is 5.82 Å². The first-order valence-electron chi connectivity index (χ1n) is 4.04. The van der Waals surface area contributed by atoms with E-state index in [0.29, 0.717) is 10.6 Å². The molecule has 0 bridgehead atoms. The van der Waals surface area contributed by atoms with Gasteiger partial charge in [-0.25, -0.2) is 4.39 Å². The van der Waals surface area contributed by atoms with Gasteiger partial charge >= 0.3 is 0 Å². The van der Waals surface area contributed by atoms with Gasteiger partial charge in [0.05, 0.1) is 12.2 Å². The number of hydrogen-bond acceptors (Lipinski definition) is 2. The lowest BCUT2D eigenvalue weighted by Crippen LogP contribution is -2.02. The highest BCUT2D eigenvalue weighted by molar-refractivity contribution is 6.31. The molecule has 0 radical (unpaired) electrons. The third kappa shape index (κ3) is 2.30. The molecule has 0 fully saturated rings. The smallest absolute Gasteiger partial charge is 0.162 e. The van der Waals surface area contributed by atoms with Crippen LogP contribution in [0.4, 0.5) is 4.39 Å². The summed E-state index contributed by atoms with van der Waals surface area (Å²) in [7, 11) is 1.45. The Labute approximate surface area is 86.6 Å². The topological polar surface area (TPSA) is 26.3 Å². The van der Waals surface area contributed by atoms with Gasteiger partial charge in [-0.3, -0.25) is 4.79 Å². The standard InChI is InChI=1S/C10H10ClFO2/c1-6(13)9-4-8(11)3-7(5-14-2)10(9)12/h3-4H,5H2,1-2H3. The molecule has 1 rings (SSSR count). The van der Waals surface area contributed by atoms with Gasteiger partial charge < -0.3 is 4.74 Å². The lowest BCUT2D eigenvalue weighted by atomic mass is 10.1. The van der Waals surface area contributed by atoms with Crippen molar-refractivity contribution in [2.45, 2.75) is 13.5 Å². The Bertz CT molecular complexity index is 363. The zero-order valence-corrected chi connectivity index (χ0v) is 8.69. The second-order valence-electron chi connectivity index (χ2n) is 2.92. The minimum atomic E-state index is -0.552. The molecule has 0 amide bonds. The number of carbonyl (C=O) groups is 1. The first kappa shape index (κ1) is 11.1. The average molecular weight is 217 g/mol. The molecule has 0 N–H and O–H groups in total. The van der Waals surface area contributed by atoms with Gasteiger partial charge in [-0.2, -0.15) is 0 Å². The summed E-state index contributed by atoms with van der Waals surface area (Å²) in [5, 5.41) is 0.337. The molecule has 0 aliphatic carbocycles. The third-order valence-corrected chi connectivity index (χ3v) is 2.01. The minimum Gasteiger partial charge on any atom is -0.380 e. The Kier molecular flexibility index (Phi) is 3.61. The number of rotatable bonds is 3. The van der Waals surface area contributed by atoms with E-state index >= 15 is 0 Å². The van der Waals surface area contributed by atoms with E-state index in [2.05, 4.69) is 0 Å². The van der Waals surface area contributed by atoms with E-state index in [9.17, 15) is 9.18 Å². The Morgan fingerprint density at radius 2 is 2.21 bits per heavy atom. The molecule has 76 valence electrons. The molecular weight excluding hydrogens is 207 g/mol. The van der Waals surface area contributed by atoms with Crippen LogP contribution in [0.3, 0.4) is 0 Å². The summed E-state index contributed by atoms with van der Waals surface area (Å²) in [5.74, 6) is -0.897. The van der Waals surface area contributed by atoms with Crippen LogP contribution in [-0.4, -0.2) is 12.9 Å². The third-order valence-electron chi connectivity index (χ3n) is 1.79. The number of ketones is 1. The molecule has 0 saturated heterocycles. The van der Waals surface area contributed by atoms with Crippen LogP contribution in [0.5, 0.6) is 0 Å². The van der Waals surface area contributed by atoms with Crippen molar-refractivity contribution in [3.63, 3.8) is 0 Å². The Balaban J connectivity index is 3.24. The van der Waals surface area contributed by atoms with Crippen LogP contribution in [0.1, 0.15) is 22.8 Å². The molecule has 0 spiro atoms. The maximum atomic E-state index is 13.5. The predicted octanol–water partition coefficient (Wildman–Crippen LogP) is 2.83. The fourth-order valence-electron chi connectivity index (χ4n) is 1.16. The molecule has 0 aliphatic rings. The van der Waals surface area contributed by atoms with Crippen molar-refractivity contribution in [1.82, 2.24) is 0 Å². The Hall–Kier alpha value is -0.930. The highest BCUT2D eigenvalue weighted by Crippen LogP contribution is 2.20. The Morgan fingerprint density at radius 1 is 1.57 bits per heavy atom. The van der Waals surface area contributed by atoms with E-state index < -0.39 is 5.82 Å². The molecule has 0 saturated carbocycles. The summed E-state index contributed by atoms with van der Waals surface area (Å²) in [6, 6.07) is 2.77. The van der Waals surface area contributed by atoms with Crippen LogP contribution in [0.25, 0.3) is 0 Å². The lowest BCUT2D eigenvalue weighted by molar-refractivity contribution is 0.101. The van der Waals surface area contributed by atoms with Crippen LogP contribution >= 0.6 is 11.6 Å². The second-order valence-corrected chi connectivity index (χ2v) is 3.35. The molecule has 1 aromatic rings. The van der Waals surface area contributed by atoms with E-state index in [0.717, 1.165) is 0 Å². The van der Waals surface area contributed by atoms with Gasteiger partial charge in [-0.15, -0.1) is 0 Å². The number of Topliss-reactive ketones (excluding diaryl/α,β-unsaturated/α-hetero) is 1. The number of carbonyl (C=O) groups excluding carboxylic acids is 1. The number of hydrogen-bond donors (Lipinski definition) is 0. The molecule has 0 atom stereocenters. The van der Waals surface area contributed by atoms with E-state index in [-0.39, 0.29) is 18.0 Å². The van der Waals surface area contributed by atoms with Gasteiger partial charge in [-0.1, -0.05) is 11.6 Å². The summed E-state index contributed by atoms with van der Waals surface area (Å²) in [4.78, 5) is 11.0. The zero-order chi connectivity index (χ0) is 10.7. The van der Waals surface area contributed by atoms with Crippen molar-refractivity contribution in [2.24, 2.45) is 0 Å². The quantitative estimate of drug-likeness (QED) is 0.727. The molecule has 14 heavy (non-hydrogen) atoms. The number of ether oxygens (including phenoxy) is 1. The summed E-state index contributed by atoms with van der Waals surface area (Å²) in [6.07, 6.45) is 0. The Morgan fingerprint density at radius 3 is 2.71 bits per heavy atom. The highest BCUT2D eigenvalue weighted by atomic mass is 35.5. The van der Waals surface area contributed by atoms with Crippen LogP contribution in [-0.2, 0) is 11.3 Å². The average Bonchev–Trinajstić information content (AvgIpc) is 2.10. The largest absolute Gasteiger partial charge is 0.380 e. The van der Waals surface area contributed by atoms with Crippen molar-refractivity contribution in [2.75, 3.05) is 7.11 Å². The molecular formula is C10H10ClFO2. The van der Waals surface area contributed by atoms with Crippen molar-refractivity contribution >= 4 is 17.4 Å². The summed E-state index contributed by atoms with van der Waals surface area (Å²) in [6.45, 7) is 1.40. The minimum absolute atomic E-state index is 0.00421. The SMILES string of the molecule is COCc1cc(Cl)cc(C(C)=O)c1F. The molecule has 0 unspecified atom stereocenters. The number of methoxy groups -OCH3 is 1. The van der Waals surface area contributed by atoms with Gasteiger partial charge in [0.1, 0.15) is 5.82 Å². The molecule has 0 aromatic heterocycles. The van der Waals surface area contributed by atoms with E-state index in [1.807, 2.05) is 0 Å². The van der Waals surface area contributed by atoms with Gasteiger partial charge in [0.25, 0.3) is 0 Å². The van der Waals surface area contributed by atoms with Gasteiger partial charge in [0.15, 0.2) is 5.78 Å². The number of halogens is 2. The lowest BCUT2D eigenvalue weighted by Gasteiger charge is -2.06. The van der Waals surface area contributed by atoms with Crippen LogP contribution in [0.15, 0.2) is 12.1 Å². The highest BCUT2D eigenvalue weighted by Gasteiger charge is 2.13. The fourth-order valence-corrected chi connectivity index (χ4v) is 1.40. The van der Waals surface area contributed by atoms with E-state index in [1.54, 1.807) is 0 Å². The van der Waals surface area contributed by atoms with Crippen LogP contribution < -0.4 is 0 Å². The fraction of sp³-hybridized carbons (Fsp3) is 0.300. The molecule has 1 aromatic carbocycles. The van der Waals surface area contributed by atoms with Gasteiger partial charge in [0.2, 0.25) is 0 Å². The van der Waals surface area contributed by atoms with E-state index in [4.69, 9.17) is 16.3 Å². The van der Waals surface area contributed by atoms with Crippen molar-refractivity contribution < 1.29 is 13.9 Å².